The third-order valence-electron chi connectivity index (χ3n) is 3.90. The molecular formula is C16H15ClO2S. The van der Waals surface area contributed by atoms with Crippen LogP contribution < -0.4 is 0 Å². The van der Waals surface area contributed by atoms with Crippen LogP contribution in [0.4, 0.5) is 0 Å². The molecule has 2 aromatic rings. The molecule has 4 heteroatoms. The summed E-state index contributed by atoms with van der Waals surface area (Å²) in [6.45, 7) is 1.25. The van der Waals surface area contributed by atoms with Crippen molar-refractivity contribution in [3.63, 3.8) is 0 Å². The highest BCUT2D eigenvalue weighted by Crippen LogP contribution is 2.39. The fourth-order valence-corrected chi connectivity index (χ4v) is 3.88. The Balaban J connectivity index is 2.04. The van der Waals surface area contributed by atoms with Gasteiger partial charge in [-0.05, 0) is 30.5 Å². The summed E-state index contributed by atoms with van der Waals surface area (Å²) in [6, 6.07) is 13.6. The smallest absolute Gasteiger partial charge is 0.183 e. The summed E-state index contributed by atoms with van der Waals surface area (Å²) >= 11 is 7.33. The Morgan fingerprint density at radius 3 is 2.40 bits per heavy atom. The lowest BCUT2D eigenvalue weighted by Crippen LogP contribution is -2.41. The molecule has 0 unspecified atom stereocenters. The van der Waals surface area contributed by atoms with E-state index >= 15 is 0 Å². The molecule has 2 nitrogen and oxygen atoms in total. The number of hydrogen-bond acceptors (Lipinski definition) is 3. The van der Waals surface area contributed by atoms with Crippen LogP contribution in [-0.4, -0.2) is 19.0 Å². The second-order valence-corrected chi connectivity index (χ2v) is 6.71. The molecule has 1 aliphatic heterocycles. The van der Waals surface area contributed by atoms with Gasteiger partial charge in [0.05, 0.1) is 14.6 Å². The Labute approximate surface area is 127 Å². The Hall–Kier alpha value is -1.16. The maximum Gasteiger partial charge on any atom is 0.183 e. The summed E-state index contributed by atoms with van der Waals surface area (Å²) in [5.74, 6) is 0.170. The van der Waals surface area contributed by atoms with E-state index in [-0.39, 0.29) is 5.78 Å². The molecule has 0 amide bonds. The number of thiophene rings is 1. The normalized spacial score (nSPS) is 17.9. The molecule has 0 atom stereocenters. The third-order valence-corrected chi connectivity index (χ3v) is 5.13. The van der Waals surface area contributed by atoms with Crippen LogP contribution in [-0.2, 0) is 10.2 Å². The van der Waals surface area contributed by atoms with Gasteiger partial charge in [0.2, 0.25) is 0 Å². The predicted octanol–water partition coefficient (Wildman–Crippen LogP) is 4.33. The zero-order valence-corrected chi connectivity index (χ0v) is 12.5. The quantitative estimate of drug-likeness (QED) is 0.789. The molecule has 1 aromatic heterocycles. The van der Waals surface area contributed by atoms with Crippen molar-refractivity contribution in [3.05, 3.63) is 57.2 Å². The lowest BCUT2D eigenvalue weighted by molar-refractivity contribution is 0.0426. The minimum absolute atomic E-state index is 0.170. The van der Waals surface area contributed by atoms with Crippen molar-refractivity contribution in [2.45, 2.75) is 18.3 Å². The molecule has 1 aromatic carbocycles. The van der Waals surface area contributed by atoms with Crippen LogP contribution >= 0.6 is 22.9 Å². The monoisotopic (exact) mass is 306 g/mol. The van der Waals surface area contributed by atoms with E-state index in [0.717, 1.165) is 23.3 Å². The van der Waals surface area contributed by atoms with Crippen molar-refractivity contribution in [2.24, 2.45) is 0 Å². The molecular weight excluding hydrogens is 292 g/mol. The van der Waals surface area contributed by atoms with Crippen LogP contribution in [0.25, 0.3) is 0 Å². The molecule has 0 N–H and O–H groups in total. The van der Waals surface area contributed by atoms with Crippen LogP contribution in [0.2, 0.25) is 4.34 Å². The van der Waals surface area contributed by atoms with E-state index in [0.29, 0.717) is 17.6 Å². The zero-order chi connectivity index (χ0) is 14.0. The molecule has 1 saturated heterocycles. The maximum atomic E-state index is 13.0. The van der Waals surface area contributed by atoms with Gasteiger partial charge in [0.15, 0.2) is 5.78 Å². The topological polar surface area (TPSA) is 26.3 Å². The van der Waals surface area contributed by atoms with Gasteiger partial charge in [-0.15, -0.1) is 11.3 Å². The molecule has 104 valence electrons. The van der Waals surface area contributed by atoms with E-state index in [4.69, 9.17) is 16.3 Å². The van der Waals surface area contributed by atoms with Gasteiger partial charge in [0.25, 0.3) is 0 Å². The highest BCUT2D eigenvalue weighted by Gasteiger charge is 2.42. The lowest BCUT2D eigenvalue weighted by Gasteiger charge is -2.36. The Kier molecular flexibility index (Phi) is 3.92. The van der Waals surface area contributed by atoms with Gasteiger partial charge in [0.1, 0.15) is 0 Å². The average molecular weight is 307 g/mol. The van der Waals surface area contributed by atoms with Gasteiger partial charge < -0.3 is 4.74 Å². The molecule has 1 aliphatic rings. The van der Waals surface area contributed by atoms with Gasteiger partial charge in [-0.3, -0.25) is 4.79 Å². The van der Waals surface area contributed by atoms with E-state index in [1.165, 1.54) is 11.3 Å². The van der Waals surface area contributed by atoms with Crippen molar-refractivity contribution < 1.29 is 9.53 Å². The molecule has 0 aliphatic carbocycles. The van der Waals surface area contributed by atoms with E-state index in [1.54, 1.807) is 6.07 Å². The van der Waals surface area contributed by atoms with E-state index in [2.05, 4.69) is 0 Å². The first-order valence-corrected chi connectivity index (χ1v) is 7.85. The van der Waals surface area contributed by atoms with Gasteiger partial charge in [-0.2, -0.15) is 0 Å². The van der Waals surface area contributed by atoms with Gasteiger partial charge >= 0.3 is 0 Å². The summed E-state index contributed by atoms with van der Waals surface area (Å²) in [5, 5.41) is 0. The highest BCUT2D eigenvalue weighted by molar-refractivity contribution is 7.18. The van der Waals surface area contributed by atoms with E-state index in [9.17, 15) is 4.79 Å². The van der Waals surface area contributed by atoms with E-state index < -0.39 is 5.41 Å². The summed E-state index contributed by atoms with van der Waals surface area (Å²) < 4.78 is 6.12. The lowest BCUT2D eigenvalue weighted by atomic mass is 9.70. The largest absolute Gasteiger partial charge is 0.381 e. The minimum atomic E-state index is -0.465. The number of ether oxygens (including phenoxy) is 1. The molecule has 2 heterocycles. The van der Waals surface area contributed by atoms with Crippen LogP contribution in [0.15, 0.2) is 42.5 Å². The first-order valence-electron chi connectivity index (χ1n) is 6.66. The number of hydrogen-bond donors (Lipinski definition) is 0. The van der Waals surface area contributed by atoms with Gasteiger partial charge in [-0.25, -0.2) is 0 Å². The van der Waals surface area contributed by atoms with Crippen molar-refractivity contribution in [1.29, 1.82) is 0 Å². The van der Waals surface area contributed by atoms with Gasteiger partial charge in [0, 0.05) is 13.2 Å². The van der Waals surface area contributed by atoms with Crippen molar-refractivity contribution in [1.82, 2.24) is 0 Å². The highest BCUT2D eigenvalue weighted by atomic mass is 35.5. The molecule has 0 bridgehead atoms. The maximum absolute atomic E-state index is 13.0. The Bertz CT molecular complexity index is 600. The first kappa shape index (κ1) is 13.8. The van der Waals surface area contributed by atoms with Crippen LogP contribution in [0.5, 0.6) is 0 Å². The standard InChI is InChI=1S/C16H15ClO2S/c17-14-7-6-13(20-14)15(18)16(8-10-19-11-9-16)12-4-2-1-3-5-12/h1-7H,8-11H2. The summed E-state index contributed by atoms with van der Waals surface area (Å²) in [4.78, 5) is 13.8. The fourth-order valence-electron chi connectivity index (χ4n) is 2.80. The SMILES string of the molecule is O=C(c1ccc(Cl)s1)C1(c2ccccc2)CCOCC1. The number of carbonyl (C=O) groups is 1. The van der Waals surface area contributed by atoms with Crippen LogP contribution in [0.1, 0.15) is 28.1 Å². The summed E-state index contributed by atoms with van der Waals surface area (Å²) in [6.07, 6.45) is 1.46. The summed E-state index contributed by atoms with van der Waals surface area (Å²) in [5.41, 5.74) is 0.617. The summed E-state index contributed by atoms with van der Waals surface area (Å²) in [7, 11) is 0. The number of ketones is 1. The number of halogens is 1. The van der Waals surface area contributed by atoms with Crippen LogP contribution in [0.3, 0.4) is 0 Å². The molecule has 20 heavy (non-hydrogen) atoms. The molecule has 0 spiro atoms. The molecule has 0 saturated carbocycles. The molecule has 0 radical (unpaired) electrons. The second-order valence-electron chi connectivity index (χ2n) is 4.99. The van der Waals surface area contributed by atoms with Crippen LogP contribution in [0, 0.1) is 0 Å². The van der Waals surface area contributed by atoms with E-state index in [1.807, 2.05) is 36.4 Å². The second kappa shape index (κ2) is 5.68. The zero-order valence-electron chi connectivity index (χ0n) is 11.0. The molecule has 3 rings (SSSR count). The Morgan fingerprint density at radius 1 is 1.10 bits per heavy atom. The fraction of sp³-hybridized carbons (Fsp3) is 0.312. The third kappa shape index (κ3) is 2.41. The van der Waals surface area contributed by atoms with Crippen molar-refractivity contribution in [2.75, 3.05) is 13.2 Å². The predicted molar refractivity (Wildman–Crippen MR) is 81.8 cm³/mol. The Morgan fingerprint density at radius 2 is 1.80 bits per heavy atom. The molecule has 1 fully saturated rings. The minimum Gasteiger partial charge on any atom is -0.381 e. The number of rotatable bonds is 3. The average Bonchev–Trinajstić information content (AvgIpc) is 2.94. The number of Topliss-reactive ketones (excluding diaryl/α,β-unsaturated/α-hetero) is 1. The first-order chi connectivity index (χ1) is 9.72. The van der Waals surface area contributed by atoms with Gasteiger partial charge in [-0.1, -0.05) is 41.9 Å². The van der Waals surface area contributed by atoms with Crippen molar-refractivity contribution >= 4 is 28.7 Å². The number of benzene rings is 1. The van der Waals surface area contributed by atoms with Crippen molar-refractivity contribution in [3.8, 4) is 0 Å². The number of carbonyl (C=O) groups excluding carboxylic acids is 1.